The van der Waals surface area contributed by atoms with E-state index in [4.69, 9.17) is 0 Å². The van der Waals surface area contributed by atoms with Crippen molar-refractivity contribution in [3.05, 3.63) is 120 Å². The van der Waals surface area contributed by atoms with Gasteiger partial charge in [0.1, 0.15) is 0 Å². The van der Waals surface area contributed by atoms with Gasteiger partial charge in [0.2, 0.25) is 0 Å². The predicted octanol–water partition coefficient (Wildman–Crippen LogP) is 8.39. The van der Waals surface area contributed by atoms with Gasteiger partial charge in [-0.25, -0.2) is 0 Å². The van der Waals surface area contributed by atoms with E-state index in [9.17, 15) is 0 Å². The molecule has 0 aliphatic heterocycles. The van der Waals surface area contributed by atoms with Crippen LogP contribution in [0.2, 0.25) is 0 Å². The molecular formula is C34H28. The van der Waals surface area contributed by atoms with Crippen LogP contribution in [0.1, 0.15) is 52.7 Å². The summed E-state index contributed by atoms with van der Waals surface area (Å²) in [6.07, 6.45) is 0. The average molecular weight is 437 g/mol. The van der Waals surface area contributed by atoms with Crippen LogP contribution in [0.5, 0.6) is 0 Å². The maximum Gasteiger partial charge on any atom is 0.0415 e. The quantitative estimate of drug-likeness (QED) is 0.260. The molecule has 164 valence electrons. The zero-order chi connectivity index (χ0) is 24.3. The third kappa shape index (κ3) is 5.27. The molecule has 0 heterocycles. The van der Waals surface area contributed by atoms with Crippen LogP contribution in [0.4, 0.5) is 0 Å². The highest BCUT2D eigenvalue weighted by Crippen LogP contribution is 2.25. The third-order valence-corrected chi connectivity index (χ3v) is 5.82. The highest BCUT2D eigenvalue weighted by Gasteiger charge is 2.14. The van der Waals surface area contributed by atoms with E-state index >= 15 is 0 Å². The Kier molecular flexibility index (Phi) is 6.13. The van der Waals surface area contributed by atoms with Crippen molar-refractivity contribution in [1.82, 2.24) is 0 Å². The average Bonchev–Trinajstić information content (AvgIpc) is 2.78. The summed E-state index contributed by atoms with van der Waals surface area (Å²) in [6.45, 7) is 13.2. The third-order valence-electron chi connectivity index (χ3n) is 5.82. The van der Waals surface area contributed by atoms with E-state index < -0.39 is 0 Å². The fraction of sp³-hybridized carbons (Fsp3) is 0.235. The fourth-order valence-electron chi connectivity index (χ4n) is 3.61. The van der Waals surface area contributed by atoms with Crippen LogP contribution in [-0.4, -0.2) is 0 Å². The smallest absolute Gasteiger partial charge is 0.0415 e. The van der Waals surface area contributed by atoms with E-state index in [1.807, 2.05) is 24.3 Å². The molecule has 34 heavy (non-hydrogen) atoms. The van der Waals surface area contributed by atoms with Crippen molar-refractivity contribution in [2.24, 2.45) is 0 Å². The second-order valence-electron chi connectivity index (χ2n) is 10.6. The Morgan fingerprint density at radius 3 is 1.12 bits per heavy atom. The lowest BCUT2D eigenvalue weighted by atomic mass is 9.86. The molecule has 0 heteroatoms. The molecule has 0 unspecified atom stereocenters. The molecule has 0 radical (unpaired) electrons. The zero-order valence-corrected chi connectivity index (χ0v) is 20.8. The molecule has 0 aromatic heterocycles. The number of fused-ring (bicyclic) bond motifs is 3. The van der Waals surface area contributed by atoms with Crippen LogP contribution < -0.4 is 0 Å². The highest BCUT2D eigenvalue weighted by molar-refractivity contribution is 5.83. The second-order valence-corrected chi connectivity index (χ2v) is 10.6. The Morgan fingerprint density at radius 2 is 0.765 bits per heavy atom. The monoisotopic (exact) mass is 436 g/mol. The minimum atomic E-state index is 0.0272. The first kappa shape index (κ1) is 23.1. The molecular weight excluding hydrogens is 408 g/mol. The van der Waals surface area contributed by atoms with Gasteiger partial charge in [-0.2, -0.15) is 0 Å². The van der Waals surface area contributed by atoms with Gasteiger partial charge in [-0.05, 0) is 70.5 Å². The van der Waals surface area contributed by atoms with Crippen LogP contribution in [0.3, 0.4) is 0 Å². The van der Waals surface area contributed by atoms with Crippen molar-refractivity contribution >= 4 is 32.3 Å². The molecule has 0 bridgehead atoms. The molecule has 4 aromatic carbocycles. The summed E-state index contributed by atoms with van der Waals surface area (Å²) >= 11 is 0. The zero-order valence-electron chi connectivity index (χ0n) is 20.8. The Morgan fingerprint density at radius 1 is 0.412 bits per heavy atom. The summed E-state index contributed by atoms with van der Waals surface area (Å²) in [7, 11) is 0. The van der Waals surface area contributed by atoms with E-state index in [2.05, 4.69) is 126 Å². The highest BCUT2D eigenvalue weighted by atomic mass is 14.2. The van der Waals surface area contributed by atoms with Crippen molar-refractivity contribution in [1.29, 1.82) is 0 Å². The van der Waals surface area contributed by atoms with Crippen LogP contribution >= 0.6 is 0 Å². The van der Waals surface area contributed by atoms with Gasteiger partial charge in [0.15, 0.2) is 0 Å². The van der Waals surface area contributed by atoms with E-state index in [1.54, 1.807) is 0 Å². The SMILES string of the molecule is CC(C)(C)c1ccc2c#cc3ccccc3c#cc3ccc(C(C)(C)C)cc3c#cc#cc2c1. The molecule has 0 atom stereocenters. The van der Waals surface area contributed by atoms with Gasteiger partial charge in [-0.15, -0.1) is 0 Å². The Bertz CT molecular complexity index is 1340. The molecule has 0 aliphatic carbocycles. The van der Waals surface area contributed by atoms with Gasteiger partial charge >= 0.3 is 0 Å². The van der Waals surface area contributed by atoms with Gasteiger partial charge in [0, 0.05) is 32.3 Å². The summed E-state index contributed by atoms with van der Waals surface area (Å²) in [4.78, 5) is 0. The first-order valence-corrected chi connectivity index (χ1v) is 11.6. The normalized spacial score (nSPS) is 10.9. The van der Waals surface area contributed by atoms with Crippen molar-refractivity contribution in [3.63, 3.8) is 0 Å². The van der Waals surface area contributed by atoms with Crippen molar-refractivity contribution in [2.45, 2.75) is 52.4 Å². The molecule has 0 fully saturated rings. The van der Waals surface area contributed by atoms with Crippen LogP contribution in [-0.2, 0) is 10.8 Å². The predicted molar refractivity (Wildman–Crippen MR) is 142 cm³/mol. The molecule has 4 rings (SSSR count). The lowest BCUT2D eigenvalue weighted by Gasteiger charge is -2.18. The number of hydrogen-bond acceptors (Lipinski definition) is 0. The molecule has 0 N–H and O–H groups in total. The number of hydrogen-bond donors (Lipinski definition) is 0. The van der Waals surface area contributed by atoms with E-state index in [0.29, 0.717) is 0 Å². The molecule has 0 aliphatic rings. The molecule has 0 spiro atoms. The number of benzene rings is 3. The molecule has 0 saturated heterocycles. The second kappa shape index (κ2) is 9.03. The van der Waals surface area contributed by atoms with Gasteiger partial charge in [-0.3, -0.25) is 0 Å². The van der Waals surface area contributed by atoms with Crippen LogP contribution in [0, 0.1) is 48.5 Å². The molecule has 0 nitrogen and oxygen atoms in total. The van der Waals surface area contributed by atoms with Crippen LogP contribution in [0.25, 0.3) is 32.3 Å². The Balaban J connectivity index is 2.09. The summed E-state index contributed by atoms with van der Waals surface area (Å²) in [5.41, 5.74) is 2.50. The Hall–Kier alpha value is -4.10. The van der Waals surface area contributed by atoms with Gasteiger partial charge < -0.3 is 0 Å². The fourth-order valence-corrected chi connectivity index (χ4v) is 3.61. The van der Waals surface area contributed by atoms with Crippen molar-refractivity contribution in [3.8, 4) is 0 Å². The lowest BCUT2D eigenvalue weighted by Crippen LogP contribution is -2.10. The molecule has 0 amide bonds. The number of rotatable bonds is 0. The Labute approximate surface area is 204 Å². The van der Waals surface area contributed by atoms with Crippen molar-refractivity contribution in [2.75, 3.05) is 0 Å². The topological polar surface area (TPSA) is 0 Å². The van der Waals surface area contributed by atoms with E-state index in [-0.39, 0.29) is 10.8 Å². The van der Waals surface area contributed by atoms with Gasteiger partial charge in [0.05, 0.1) is 0 Å². The van der Waals surface area contributed by atoms with E-state index in [0.717, 1.165) is 32.3 Å². The first-order chi connectivity index (χ1) is 16.1. The largest absolute Gasteiger partial charge is 0.0609 e. The summed E-state index contributed by atoms with van der Waals surface area (Å²) < 4.78 is 0. The maximum atomic E-state index is 3.33. The van der Waals surface area contributed by atoms with E-state index in [1.165, 1.54) is 11.1 Å². The standard InChI is InChI=1S/C34H28/c1-33(2,3)31-21-19-27-17-15-25-11-7-8-12-26(25)16-18-28-20-22-32(34(4,5)6)24-30(28)14-10-9-13-29(27)23-31/h7-8,11-12,19-24H,1-6H3. The summed E-state index contributed by atoms with van der Waals surface area (Å²) in [5.74, 6) is 0. The van der Waals surface area contributed by atoms with Crippen molar-refractivity contribution < 1.29 is 0 Å². The molecule has 0 saturated carbocycles. The molecule has 4 aromatic rings. The first-order valence-electron chi connectivity index (χ1n) is 11.6. The minimum Gasteiger partial charge on any atom is -0.0609 e. The summed E-state index contributed by atoms with van der Waals surface area (Å²) in [6, 6.07) is 46.7. The van der Waals surface area contributed by atoms with Gasteiger partial charge in [-0.1, -0.05) is 102 Å². The minimum absolute atomic E-state index is 0.0272. The lowest BCUT2D eigenvalue weighted by molar-refractivity contribution is 0.591. The van der Waals surface area contributed by atoms with Gasteiger partial charge in [0.25, 0.3) is 0 Å². The summed E-state index contributed by atoms with van der Waals surface area (Å²) in [5, 5.41) is 5.42. The van der Waals surface area contributed by atoms with Crippen LogP contribution in [0.15, 0.2) is 60.7 Å². The maximum absolute atomic E-state index is 3.33.